The van der Waals surface area contributed by atoms with Crippen molar-refractivity contribution in [3.05, 3.63) is 54.1 Å². The summed E-state index contributed by atoms with van der Waals surface area (Å²) in [5.74, 6) is -2.38. The molecule has 0 bridgehead atoms. The van der Waals surface area contributed by atoms with Crippen molar-refractivity contribution in [1.82, 2.24) is 9.38 Å². The Morgan fingerprint density at radius 3 is 2.59 bits per heavy atom. The largest absolute Gasteiger partial charge is 0.419 e. The SMILES string of the molecule is O=C(Nc1cn2cc(-c3cccc(F)c3C(F)(F)F)ccc2n1)[C@@H]1C[C@@H]1F. The first-order chi connectivity index (χ1) is 12.7. The van der Waals surface area contributed by atoms with Gasteiger partial charge in [-0.15, -0.1) is 0 Å². The normalized spacial score (nSPS) is 19.3. The van der Waals surface area contributed by atoms with E-state index < -0.39 is 35.6 Å². The first-order valence-corrected chi connectivity index (χ1v) is 8.04. The molecule has 1 saturated carbocycles. The van der Waals surface area contributed by atoms with E-state index in [1.54, 1.807) is 0 Å². The Kier molecular flexibility index (Phi) is 3.90. The van der Waals surface area contributed by atoms with Gasteiger partial charge in [-0.2, -0.15) is 13.2 Å². The van der Waals surface area contributed by atoms with Gasteiger partial charge in [0.15, 0.2) is 5.82 Å². The number of carbonyl (C=O) groups is 1. The van der Waals surface area contributed by atoms with Crippen LogP contribution in [0.2, 0.25) is 0 Å². The number of alkyl halides is 4. The third-order valence-corrected chi connectivity index (χ3v) is 4.36. The summed E-state index contributed by atoms with van der Waals surface area (Å²) < 4.78 is 67.8. The van der Waals surface area contributed by atoms with Crippen LogP contribution < -0.4 is 5.32 Å². The summed E-state index contributed by atoms with van der Waals surface area (Å²) >= 11 is 0. The van der Waals surface area contributed by atoms with Gasteiger partial charge in [0, 0.05) is 6.20 Å². The van der Waals surface area contributed by atoms with Gasteiger partial charge >= 0.3 is 6.18 Å². The fourth-order valence-electron chi connectivity index (χ4n) is 2.92. The lowest BCUT2D eigenvalue weighted by molar-refractivity contribution is -0.139. The van der Waals surface area contributed by atoms with E-state index in [0.717, 1.165) is 6.07 Å². The summed E-state index contributed by atoms with van der Waals surface area (Å²) in [6.45, 7) is 0. The molecular weight excluding hydrogens is 369 g/mol. The van der Waals surface area contributed by atoms with Crippen molar-refractivity contribution in [3.63, 3.8) is 0 Å². The molecule has 2 aromatic heterocycles. The number of rotatable bonds is 3. The minimum atomic E-state index is -4.85. The van der Waals surface area contributed by atoms with E-state index in [-0.39, 0.29) is 23.4 Å². The van der Waals surface area contributed by atoms with E-state index in [2.05, 4.69) is 10.3 Å². The molecule has 27 heavy (non-hydrogen) atoms. The molecule has 1 N–H and O–H groups in total. The topological polar surface area (TPSA) is 46.4 Å². The van der Waals surface area contributed by atoms with Gasteiger partial charge in [0.25, 0.3) is 0 Å². The Hall–Kier alpha value is -2.97. The number of fused-ring (bicyclic) bond motifs is 1. The van der Waals surface area contributed by atoms with Crippen LogP contribution in [0.15, 0.2) is 42.7 Å². The van der Waals surface area contributed by atoms with Gasteiger partial charge in [-0.25, -0.2) is 13.8 Å². The van der Waals surface area contributed by atoms with Gasteiger partial charge in [0.05, 0.1) is 17.7 Å². The van der Waals surface area contributed by atoms with Crippen LogP contribution in [0.4, 0.5) is 27.8 Å². The molecule has 1 aromatic carbocycles. The maximum atomic E-state index is 13.8. The monoisotopic (exact) mass is 381 g/mol. The zero-order chi connectivity index (χ0) is 19.3. The lowest BCUT2D eigenvalue weighted by Crippen LogP contribution is -2.15. The number of hydrogen-bond donors (Lipinski definition) is 1. The summed E-state index contributed by atoms with van der Waals surface area (Å²) in [5.41, 5.74) is -1.15. The number of imidazole rings is 1. The molecule has 4 rings (SSSR count). The first kappa shape index (κ1) is 17.4. The lowest BCUT2D eigenvalue weighted by Gasteiger charge is -2.14. The molecule has 3 aromatic rings. The second-order valence-electron chi connectivity index (χ2n) is 6.32. The summed E-state index contributed by atoms with van der Waals surface area (Å²) in [6.07, 6.45) is -3.07. The van der Waals surface area contributed by atoms with Crippen molar-refractivity contribution >= 4 is 17.4 Å². The Morgan fingerprint density at radius 1 is 1.19 bits per heavy atom. The maximum Gasteiger partial charge on any atom is 0.419 e. The third kappa shape index (κ3) is 3.24. The average molecular weight is 381 g/mol. The Bertz CT molecular complexity index is 1040. The number of aromatic nitrogens is 2. The average Bonchev–Trinajstić information content (AvgIpc) is 3.18. The van der Waals surface area contributed by atoms with Crippen LogP contribution in [-0.4, -0.2) is 21.5 Å². The number of hydrogen-bond acceptors (Lipinski definition) is 2. The molecule has 0 aliphatic heterocycles. The van der Waals surface area contributed by atoms with Gasteiger partial charge in [-0.05, 0) is 35.7 Å². The molecule has 0 saturated heterocycles. The first-order valence-electron chi connectivity index (χ1n) is 8.04. The maximum absolute atomic E-state index is 13.8. The van der Waals surface area contributed by atoms with Crippen LogP contribution in [0.25, 0.3) is 16.8 Å². The molecule has 9 heteroatoms. The molecule has 140 valence electrons. The van der Waals surface area contributed by atoms with Gasteiger partial charge in [-0.1, -0.05) is 12.1 Å². The highest BCUT2D eigenvalue weighted by Crippen LogP contribution is 2.39. The molecule has 2 heterocycles. The Labute approximate surface area is 149 Å². The van der Waals surface area contributed by atoms with Crippen LogP contribution in [0.5, 0.6) is 0 Å². The number of nitrogens with zero attached hydrogens (tertiary/aromatic N) is 2. The van der Waals surface area contributed by atoms with Gasteiger partial charge < -0.3 is 9.72 Å². The number of pyridine rings is 1. The quantitative estimate of drug-likeness (QED) is 0.681. The highest BCUT2D eigenvalue weighted by molar-refractivity contribution is 5.94. The minimum Gasteiger partial charge on any atom is -0.309 e. The number of halogens is 5. The number of amides is 1. The molecule has 1 aliphatic carbocycles. The van der Waals surface area contributed by atoms with E-state index in [4.69, 9.17) is 0 Å². The number of anilines is 1. The van der Waals surface area contributed by atoms with E-state index in [9.17, 15) is 26.7 Å². The Balaban J connectivity index is 1.70. The molecule has 1 aliphatic rings. The van der Waals surface area contributed by atoms with Crippen molar-refractivity contribution in [2.75, 3.05) is 5.32 Å². The fourth-order valence-corrected chi connectivity index (χ4v) is 2.92. The van der Waals surface area contributed by atoms with Gasteiger partial charge in [-0.3, -0.25) is 4.79 Å². The van der Waals surface area contributed by atoms with Crippen LogP contribution >= 0.6 is 0 Å². The zero-order valence-corrected chi connectivity index (χ0v) is 13.6. The van der Waals surface area contributed by atoms with E-state index >= 15 is 0 Å². The van der Waals surface area contributed by atoms with Crippen molar-refractivity contribution in [2.24, 2.45) is 5.92 Å². The van der Waals surface area contributed by atoms with Crippen LogP contribution in [0.1, 0.15) is 12.0 Å². The number of nitrogens with one attached hydrogen (secondary N) is 1. The molecule has 0 spiro atoms. The smallest absolute Gasteiger partial charge is 0.309 e. The van der Waals surface area contributed by atoms with E-state index in [1.807, 2.05) is 0 Å². The summed E-state index contributed by atoms with van der Waals surface area (Å²) in [4.78, 5) is 15.9. The van der Waals surface area contributed by atoms with Gasteiger partial charge in [0.2, 0.25) is 5.91 Å². The second kappa shape index (κ2) is 6.04. The van der Waals surface area contributed by atoms with Crippen molar-refractivity contribution in [3.8, 4) is 11.1 Å². The molecule has 4 nitrogen and oxygen atoms in total. The van der Waals surface area contributed by atoms with Crippen LogP contribution in [-0.2, 0) is 11.0 Å². The fraction of sp³-hybridized carbons (Fsp3) is 0.222. The third-order valence-electron chi connectivity index (χ3n) is 4.36. The van der Waals surface area contributed by atoms with Gasteiger partial charge in [0.1, 0.15) is 17.6 Å². The molecule has 1 fully saturated rings. The van der Waals surface area contributed by atoms with E-state index in [1.165, 1.54) is 41.1 Å². The summed E-state index contributed by atoms with van der Waals surface area (Å²) in [5, 5.41) is 2.48. The molecular formula is C18H12F5N3O. The predicted molar refractivity (Wildman–Crippen MR) is 87.2 cm³/mol. The highest BCUT2D eigenvalue weighted by atomic mass is 19.4. The molecule has 0 radical (unpaired) electrons. The van der Waals surface area contributed by atoms with Crippen molar-refractivity contribution in [2.45, 2.75) is 18.8 Å². The zero-order valence-electron chi connectivity index (χ0n) is 13.6. The van der Waals surface area contributed by atoms with Crippen LogP contribution in [0, 0.1) is 11.7 Å². The molecule has 0 unspecified atom stereocenters. The molecule has 2 atom stereocenters. The number of benzene rings is 1. The van der Waals surface area contributed by atoms with E-state index in [0.29, 0.717) is 5.65 Å². The summed E-state index contributed by atoms with van der Waals surface area (Å²) in [6, 6.07) is 5.97. The predicted octanol–water partition coefficient (Wildman–Crippen LogP) is 4.46. The minimum absolute atomic E-state index is 0.135. The standard InChI is InChI=1S/C18H12F5N3O/c19-12-3-1-2-10(16(12)18(21,22)23)9-4-5-15-24-14(8-26(15)7-9)25-17(27)11-6-13(11)20/h1-5,7-8,11,13H,6H2,(H,25,27)/t11-,13+/m1/s1. The van der Waals surface area contributed by atoms with Crippen molar-refractivity contribution in [1.29, 1.82) is 0 Å². The second-order valence-corrected chi connectivity index (χ2v) is 6.32. The van der Waals surface area contributed by atoms with Crippen LogP contribution in [0.3, 0.4) is 0 Å². The van der Waals surface area contributed by atoms with Crippen molar-refractivity contribution < 1.29 is 26.7 Å². The summed E-state index contributed by atoms with van der Waals surface area (Å²) in [7, 11) is 0. The lowest BCUT2D eigenvalue weighted by atomic mass is 10.00. The Morgan fingerprint density at radius 2 is 1.93 bits per heavy atom. The number of carbonyl (C=O) groups excluding carboxylic acids is 1. The highest BCUT2D eigenvalue weighted by Gasteiger charge is 2.43. The molecule has 1 amide bonds.